The first-order valence-corrected chi connectivity index (χ1v) is 8.67. The van der Waals surface area contributed by atoms with Gasteiger partial charge in [0.1, 0.15) is 23.8 Å². The first kappa shape index (κ1) is 20.7. The molecule has 2 unspecified atom stereocenters. The first-order chi connectivity index (χ1) is 11.1. The molecule has 0 radical (unpaired) electrons. The van der Waals surface area contributed by atoms with Gasteiger partial charge >= 0.3 is 6.09 Å². The van der Waals surface area contributed by atoms with Crippen molar-refractivity contribution in [3.05, 3.63) is 28.0 Å². The second-order valence-electron chi connectivity index (χ2n) is 6.66. The summed E-state index contributed by atoms with van der Waals surface area (Å²) in [6, 6.07) is 2.91. The number of ether oxygens (including phenoxy) is 2. The van der Waals surface area contributed by atoms with Gasteiger partial charge in [0, 0.05) is 17.5 Å². The average Bonchev–Trinajstić information content (AvgIpc) is 2.46. The van der Waals surface area contributed by atoms with E-state index in [1.54, 1.807) is 13.0 Å². The normalized spacial score (nSPS) is 14.1. The van der Waals surface area contributed by atoms with Gasteiger partial charge in [-0.15, -0.1) is 0 Å². The molecule has 7 heteroatoms. The largest absolute Gasteiger partial charge is 0.486 e. The fraction of sp³-hybridized carbons (Fsp3) is 0.588. The van der Waals surface area contributed by atoms with Gasteiger partial charge in [-0.1, -0.05) is 27.7 Å². The number of carbonyl (C=O) groups is 1. The second kappa shape index (κ2) is 8.67. The Morgan fingerprint density at radius 2 is 2.04 bits per heavy atom. The van der Waals surface area contributed by atoms with Crippen molar-refractivity contribution < 1.29 is 18.7 Å². The van der Waals surface area contributed by atoms with Crippen LogP contribution in [0.4, 0.5) is 9.18 Å². The molecule has 0 fully saturated rings. The Labute approximate surface area is 151 Å². The molecule has 5 nitrogen and oxygen atoms in total. The number of carbonyl (C=O) groups excluding carboxylic acids is 1. The SMILES string of the molecule is CCNCc1c(OC(C)C(OC(N)=O)C(C)(C)C)ccc(F)c1Br. The van der Waals surface area contributed by atoms with Crippen molar-refractivity contribution in [3.8, 4) is 5.75 Å². The van der Waals surface area contributed by atoms with Crippen molar-refractivity contribution in [3.63, 3.8) is 0 Å². The summed E-state index contributed by atoms with van der Waals surface area (Å²) in [7, 11) is 0. The number of hydrogen-bond donors (Lipinski definition) is 2. The number of halogens is 2. The lowest BCUT2D eigenvalue weighted by Crippen LogP contribution is -2.44. The number of nitrogens with two attached hydrogens (primary N) is 1. The second-order valence-corrected chi connectivity index (χ2v) is 7.46. The van der Waals surface area contributed by atoms with Crippen LogP contribution in [0.25, 0.3) is 0 Å². The van der Waals surface area contributed by atoms with Crippen molar-refractivity contribution in [1.82, 2.24) is 5.32 Å². The molecule has 24 heavy (non-hydrogen) atoms. The number of amides is 1. The standard InChI is InChI=1S/C17H26BrFN2O3/c1-6-21-9-11-13(8-7-12(19)14(11)18)23-10(2)15(17(3,4)5)24-16(20)22/h7-8,10,15,21H,6,9H2,1-5H3,(H2,20,22). The van der Waals surface area contributed by atoms with Crippen LogP contribution in [0.15, 0.2) is 16.6 Å². The third-order valence-corrected chi connectivity index (χ3v) is 4.40. The molecule has 0 bridgehead atoms. The summed E-state index contributed by atoms with van der Waals surface area (Å²) in [5, 5.41) is 3.16. The molecule has 0 aliphatic rings. The van der Waals surface area contributed by atoms with Crippen molar-refractivity contribution >= 4 is 22.0 Å². The van der Waals surface area contributed by atoms with Gasteiger partial charge in [0.05, 0.1) is 4.47 Å². The summed E-state index contributed by atoms with van der Waals surface area (Å²) in [5.74, 6) is 0.169. The molecular weight excluding hydrogens is 379 g/mol. The molecule has 0 heterocycles. The van der Waals surface area contributed by atoms with Gasteiger partial charge in [0.15, 0.2) is 0 Å². The molecule has 1 amide bonds. The van der Waals surface area contributed by atoms with E-state index in [9.17, 15) is 9.18 Å². The highest BCUT2D eigenvalue weighted by Crippen LogP contribution is 2.33. The third kappa shape index (κ3) is 5.63. The van der Waals surface area contributed by atoms with Gasteiger partial charge in [-0.05, 0) is 41.5 Å². The van der Waals surface area contributed by atoms with Crippen LogP contribution in [0.1, 0.15) is 40.2 Å². The highest BCUT2D eigenvalue weighted by molar-refractivity contribution is 9.10. The minimum absolute atomic E-state index is 0.358. The molecule has 1 aromatic rings. The quantitative estimate of drug-likeness (QED) is 0.720. The maximum absolute atomic E-state index is 13.8. The van der Waals surface area contributed by atoms with Gasteiger partial charge in [-0.2, -0.15) is 0 Å². The molecule has 136 valence electrons. The van der Waals surface area contributed by atoms with Crippen LogP contribution in [0, 0.1) is 11.2 Å². The van der Waals surface area contributed by atoms with Gasteiger partial charge in [0.25, 0.3) is 0 Å². The Morgan fingerprint density at radius 3 is 2.54 bits per heavy atom. The average molecular weight is 405 g/mol. The van der Waals surface area contributed by atoms with E-state index in [0.717, 1.165) is 6.54 Å². The molecule has 0 aromatic heterocycles. The minimum atomic E-state index is -0.849. The van der Waals surface area contributed by atoms with E-state index in [1.165, 1.54) is 6.07 Å². The van der Waals surface area contributed by atoms with Gasteiger partial charge in [0.2, 0.25) is 0 Å². The van der Waals surface area contributed by atoms with E-state index in [1.807, 2.05) is 27.7 Å². The van der Waals surface area contributed by atoms with Crippen LogP contribution < -0.4 is 15.8 Å². The molecule has 1 aromatic carbocycles. The van der Waals surface area contributed by atoms with Crippen molar-refractivity contribution in [1.29, 1.82) is 0 Å². The lowest BCUT2D eigenvalue weighted by Gasteiger charge is -2.34. The van der Waals surface area contributed by atoms with Gasteiger partial charge < -0.3 is 20.5 Å². The number of nitrogens with one attached hydrogen (secondary N) is 1. The smallest absolute Gasteiger partial charge is 0.404 e. The highest BCUT2D eigenvalue weighted by atomic mass is 79.9. The predicted octanol–water partition coefficient (Wildman–Crippen LogP) is 3.98. The van der Waals surface area contributed by atoms with Crippen molar-refractivity contribution in [2.75, 3.05) is 6.54 Å². The third-order valence-electron chi connectivity index (χ3n) is 3.54. The Hall–Kier alpha value is -1.34. The minimum Gasteiger partial charge on any atom is -0.486 e. The molecule has 3 N–H and O–H groups in total. The number of primary amides is 1. The molecule has 0 aliphatic heterocycles. The van der Waals surface area contributed by atoms with E-state index in [4.69, 9.17) is 15.2 Å². The number of benzene rings is 1. The fourth-order valence-corrected chi connectivity index (χ4v) is 2.93. The topological polar surface area (TPSA) is 73.6 Å². The van der Waals surface area contributed by atoms with Gasteiger partial charge in [-0.3, -0.25) is 0 Å². The highest BCUT2D eigenvalue weighted by Gasteiger charge is 2.34. The van der Waals surface area contributed by atoms with Crippen LogP contribution in [-0.4, -0.2) is 24.8 Å². The van der Waals surface area contributed by atoms with E-state index < -0.39 is 18.3 Å². The summed E-state index contributed by atoms with van der Waals surface area (Å²) in [5.41, 5.74) is 5.49. The summed E-state index contributed by atoms with van der Waals surface area (Å²) in [6.07, 6.45) is -1.86. The van der Waals surface area contributed by atoms with Crippen LogP contribution >= 0.6 is 15.9 Å². The van der Waals surface area contributed by atoms with E-state index in [-0.39, 0.29) is 11.2 Å². The molecule has 0 aliphatic carbocycles. The monoisotopic (exact) mass is 404 g/mol. The number of rotatable bonds is 7. The molecule has 0 saturated carbocycles. The molecular formula is C17H26BrFN2O3. The molecule has 1 rings (SSSR count). The maximum Gasteiger partial charge on any atom is 0.404 e. The Morgan fingerprint density at radius 1 is 1.42 bits per heavy atom. The van der Waals surface area contributed by atoms with E-state index in [2.05, 4.69) is 21.2 Å². The summed E-state index contributed by atoms with van der Waals surface area (Å²) < 4.78 is 25.4. The zero-order valence-electron chi connectivity index (χ0n) is 14.8. The van der Waals surface area contributed by atoms with Crippen molar-refractivity contribution in [2.24, 2.45) is 11.1 Å². The molecule has 0 saturated heterocycles. The lowest BCUT2D eigenvalue weighted by atomic mass is 9.86. The number of hydrogen-bond acceptors (Lipinski definition) is 4. The zero-order chi connectivity index (χ0) is 18.5. The molecule has 0 spiro atoms. The van der Waals surface area contributed by atoms with Gasteiger partial charge in [-0.25, -0.2) is 9.18 Å². The fourth-order valence-electron chi connectivity index (χ4n) is 2.46. The Balaban J connectivity index is 3.09. The van der Waals surface area contributed by atoms with Crippen LogP contribution in [0.3, 0.4) is 0 Å². The maximum atomic E-state index is 13.8. The first-order valence-electron chi connectivity index (χ1n) is 7.88. The lowest BCUT2D eigenvalue weighted by molar-refractivity contribution is -0.0327. The summed E-state index contributed by atoms with van der Waals surface area (Å²) >= 11 is 3.27. The predicted molar refractivity (Wildman–Crippen MR) is 95.5 cm³/mol. The molecule has 2 atom stereocenters. The van der Waals surface area contributed by atoms with E-state index in [0.29, 0.717) is 22.3 Å². The van der Waals surface area contributed by atoms with Crippen LogP contribution in [0.2, 0.25) is 0 Å². The van der Waals surface area contributed by atoms with Crippen molar-refractivity contribution in [2.45, 2.75) is 53.4 Å². The summed E-state index contributed by atoms with van der Waals surface area (Å²) in [6.45, 7) is 10.8. The Bertz CT molecular complexity index is 576. The Kier molecular flexibility index (Phi) is 7.48. The van der Waals surface area contributed by atoms with Crippen LogP contribution in [-0.2, 0) is 11.3 Å². The van der Waals surface area contributed by atoms with Crippen LogP contribution in [0.5, 0.6) is 5.75 Å². The zero-order valence-corrected chi connectivity index (χ0v) is 16.4. The summed E-state index contributed by atoms with van der Waals surface area (Å²) in [4.78, 5) is 11.2. The van der Waals surface area contributed by atoms with E-state index >= 15 is 0 Å².